The van der Waals surface area contributed by atoms with Crippen LogP contribution in [0, 0.1) is 0 Å². The van der Waals surface area contributed by atoms with E-state index in [4.69, 9.17) is 9.15 Å². The Hall–Kier alpha value is -2.75. The average molecular weight is 309 g/mol. The minimum absolute atomic E-state index is 0.0623. The molecule has 0 fully saturated rings. The van der Waals surface area contributed by atoms with Crippen LogP contribution in [0.15, 0.2) is 53.1 Å². The van der Waals surface area contributed by atoms with E-state index in [1.54, 1.807) is 13.4 Å². The molecule has 118 valence electrons. The van der Waals surface area contributed by atoms with Crippen molar-refractivity contribution in [3.05, 3.63) is 59.9 Å². The van der Waals surface area contributed by atoms with Crippen molar-refractivity contribution in [2.24, 2.45) is 0 Å². The number of furan rings is 1. The summed E-state index contributed by atoms with van der Waals surface area (Å²) in [4.78, 5) is 12.2. The Morgan fingerprint density at radius 3 is 2.65 bits per heavy atom. The fourth-order valence-corrected chi connectivity index (χ4v) is 2.53. The molecule has 3 rings (SSSR count). The molecule has 1 N–H and O–H groups in total. The maximum absolute atomic E-state index is 12.2. The molecule has 4 heteroatoms. The fourth-order valence-electron chi connectivity index (χ4n) is 2.53. The van der Waals surface area contributed by atoms with Gasteiger partial charge in [-0.2, -0.15) is 0 Å². The molecule has 0 radical (unpaired) electrons. The van der Waals surface area contributed by atoms with E-state index in [9.17, 15) is 4.79 Å². The van der Waals surface area contributed by atoms with Gasteiger partial charge in [-0.25, -0.2) is 0 Å². The summed E-state index contributed by atoms with van der Waals surface area (Å²) in [5, 5.41) is 3.85. The number of amides is 1. The summed E-state index contributed by atoms with van der Waals surface area (Å²) < 4.78 is 10.7. The van der Waals surface area contributed by atoms with Gasteiger partial charge in [-0.1, -0.05) is 19.1 Å². The van der Waals surface area contributed by atoms with Crippen LogP contribution in [0.25, 0.3) is 11.0 Å². The van der Waals surface area contributed by atoms with Gasteiger partial charge in [-0.15, -0.1) is 0 Å². The lowest BCUT2D eigenvalue weighted by atomic mass is 10.1. The second-order valence-electron chi connectivity index (χ2n) is 5.40. The number of fused-ring (bicyclic) bond motifs is 1. The highest BCUT2D eigenvalue weighted by Crippen LogP contribution is 2.26. The highest BCUT2D eigenvalue weighted by atomic mass is 16.5. The third kappa shape index (κ3) is 3.37. The number of aryl methyl sites for hydroxylation is 1. The molecule has 0 aliphatic heterocycles. The highest BCUT2D eigenvalue weighted by Gasteiger charge is 2.11. The van der Waals surface area contributed by atoms with Crippen molar-refractivity contribution in [3.63, 3.8) is 0 Å². The first kappa shape index (κ1) is 15.2. The minimum atomic E-state index is -0.0623. The Labute approximate surface area is 135 Å². The number of ether oxygens (including phenoxy) is 1. The molecule has 1 aromatic heterocycles. The quantitative estimate of drug-likeness (QED) is 0.769. The molecular weight excluding hydrogens is 290 g/mol. The number of carbonyl (C=O) groups excluding carboxylic acids is 1. The molecule has 0 aliphatic rings. The van der Waals surface area contributed by atoms with Crippen LogP contribution in [0.5, 0.6) is 5.75 Å². The van der Waals surface area contributed by atoms with Crippen LogP contribution in [0.4, 0.5) is 5.69 Å². The molecule has 1 amide bonds. The number of benzene rings is 2. The van der Waals surface area contributed by atoms with Gasteiger partial charge in [0.25, 0.3) is 0 Å². The molecule has 0 aliphatic carbocycles. The Bertz CT molecular complexity index is 818. The summed E-state index contributed by atoms with van der Waals surface area (Å²) in [5.41, 5.74) is 3.64. The van der Waals surface area contributed by atoms with Crippen LogP contribution in [0.2, 0.25) is 0 Å². The van der Waals surface area contributed by atoms with E-state index in [0.717, 1.165) is 34.4 Å². The first-order chi connectivity index (χ1) is 11.2. The summed E-state index contributed by atoms with van der Waals surface area (Å²) in [6, 6.07) is 13.5. The molecule has 23 heavy (non-hydrogen) atoms. The first-order valence-corrected chi connectivity index (χ1v) is 7.62. The molecule has 0 unspecified atom stereocenters. The predicted molar refractivity (Wildman–Crippen MR) is 90.9 cm³/mol. The second-order valence-corrected chi connectivity index (χ2v) is 5.40. The summed E-state index contributed by atoms with van der Waals surface area (Å²) >= 11 is 0. The fraction of sp³-hybridized carbons (Fsp3) is 0.211. The van der Waals surface area contributed by atoms with Gasteiger partial charge in [0.15, 0.2) is 0 Å². The Balaban J connectivity index is 1.72. The number of carbonyl (C=O) groups is 1. The van der Waals surface area contributed by atoms with Gasteiger partial charge in [-0.3, -0.25) is 4.79 Å². The van der Waals surface area contributed by atoms with Gasteiger partial charge in [0.2, 0.25) is 5.91 Å². The maximum Gasteiger partial charge on any atom is 0.228 e. The molecule has 0 saturated carbocycles. The Kier molecular flexibility index (Phi) is 4.33. The van der Waals surface area contributed by atoms with Gasteiger partial charge in [-0.05, 0) is 36.2 Å². The molecule has 0 bridgehead atoms. The van der Waals surface area contributed by atoms with Gasteiger partial charge >= 0.3 is 0 Å². The van der Waals surface area contributed by atoms with Crippen molar-refractivity contribution in [2.75, 3.05) is 12.4 Å². The second kappa shape index (κ2) is 6.57. The summed E-state index contributed by atoms with van der Waals surface area (Å²) in [6.07, 6.45) is 2.89. The number of rotatable bonds is 5. The molecule has 4 nitrogen and oxygen atoms in total. The maximum atomic E-state index is 12.2. The van der Waals surface area contributed by atoms with E-state index in [1.165, 1.54) is 5.56 Å². The van der Waals surface area contributed by atoms with Crippen LogP contribution in [0.1, 0.15) is 18.1 Å². The van der Waals surface area contributed by atoms with Gasteiger partial charge in [0.1, 0.15) is 11.3 Å². The zero-order valence-corrected chi connectivity index (χ0v) is 13.3. The first-order valence-electron chi connectivity index (χ1n) is 7.62. The third-order valence-electron chi connectivity index (χ3n) is 3.86. The van der Waals surface area contributed by atoms with Crippen molar-refractivity contribution in [2.45, 2.75) is 19.8 Å². The summed E-state index contributed by atoms with van der Waals surface area (Å²) in [6.45, 7) is 2.10. The molecular formula is C19H19NO3. The Morgan fingerprint density at radius 1 is 1.17 bits per heavy atom. The number of hydrogen-bond donors (Lipinski definition) is 1. The molecule has 0 saturated heterocycles. The van der Waals surface area contributed by atoms with Crippen LogP contribution in [0.3, 0.4) is 0 Å². The van der Waals surface area contributed by atoms with E-state index in [-0.39, 0.29) is 12.3 Å². The Morgan fingerprint density at radius 2 is 1.96 bits per heavy atom. The van der Waals surface area contributed by atoms with Crippen LogP contribution >= 0.6 is 0 Å². The summed E-state index contributed by atoms with van der Waals surface area (Å²) in [5.74, 6) is 0.673. The molecule has 1 heterocycles. The zero-order chi connectivity index (χ0) is 16.2. The summed E-state index contributed by atoms with van der Waals surface area (Å²) in [7, 11) is 1.61. The van der Waals surface area contributed by atoms with Crippen molar-refractivity contribution in [1.82, 2.24) is 0 Å². The number of nitrogens with one attached hydrogen (secondary N) is 1. The smallest absolute Gasteiger partial charge is 0.228 e. The van der Waals surface area contributed by atoms with Crippen LogP contribution in [-0.2, 0) is 17.6 Å². The topological polar surface area (TPSA) is 51.5 Å². The minimum Gasteiger partial charge on any atom is -0.497 e. The molecule has 3 aromatic rings. The van der Waals surface area contributed by atoms with Gasteiger partial charge in [0, 0.05) is 22.7 Å². The predicted octanol–water partition coefficient (Wildman–Crippen LogP) is 4.19. The standard InChI is InChI=1S/C19H19NO3/c1-3-13-4-6-15(7-5-13)20-19(21)10-14-12-23-18-11-16(22-2)8-9-17(14)18/h4-9,11-12H,3,10H2,1-2H3,(H,20,21). The lowest BCUT2D eigenvalue weighted by molar-refractivity contribution is -0.115. The number of anilines is 1. The van der Waals surface area contributed by atoms with E-state index >= 15 is 0 Å². The number of hydrogen-bond acceptors (Lipinski definition) is 3. The van der Waals surface area contributed by atoms with Crippen molar-refractivity contribution >= 4 is 22.6 Å². The highest BCUT2D eigenvalue weighted by molar-refractivity contribution is 5.95. The average Bonchev–Trinajstić information content (AvgIpc) is 2.97. The monoisotopic (exact) mass is 309 g/mol. The molecule has 0 spiro atoms. The largest absolute Gasteiger partial charge is 0.497 e. The normalized spacial score (nSPS) is 10.7. The van der Waals surface area contributed by atoms with E-state index in [2.05, 4.69) is 12.2 Å². The van der Waals surface area contributed by atoms with E-state index in [0.29, 0.717) is 0 Å². The SMILES string of the molecule is CCc1ccc(NC(=O)Cc2coc3cc(OC)ccc23)cc1. The molecule has 2 aromatic carbocycles. The van der Waals surface area contributed by atoms with Crippen molar-refractivity contribution in [1.29, 1.82) is 0 Å². The van der Waals surface area contributed by atoms with Crippen molar-refractivity contribution in [3.8, 4) is 5.75 Å². The van der Waals surface area contributed by atoms with E-state index in [1.807, 2.05) is 42.5 Å². The van der Waals surface area contributed by atoms with Crippen LogP contribution < -0.4 is 10.1 Å². The van der Waals surface area contributed by atoms with Gasteiger partial charge < -0.3 is 14.5 Å². The zero-order valence-electron chi connectivity index (χ0n) is 13.3. The van der Waals surface area contributed by atoms with Gasteiger partial charge in [0.05, 0.1) is 19.8 Å². The number of methoxy groups -OCH3 is 1. The van der Waals surface area contributed by atoms with Crippen LogP contribution in [-0.4, -0.2) is 13.0 Å². The third-order valence-corrected chi connectivity index (χ3v) is 3.86. The van der Waals surface area contributed by atoms with E-state index < -0.39 is 0 Å². The lowest BCUT2D eigenvalue weighted by Crippen LogP contribution is -2.14. The molecule has 0 atom stereocenters. The van der Waals surface area contributed by atoms with Crippen molar-refractivity contribution < 1.29 is 13.9 Å². The lowest BCUT2D eigenvalue weighted by Gasteiger charge is -2.05.